The molecule has 1 fully saturated rings. The number of sulfonamides is 1. The molecule has 0 saturated heterocycles. The van der Waals surface area contributed by atoms with Crippen LogP contribution in [0.15, 0.2) is 70.5 Å². The number of benzene rings is 1. The quantitative estimate of drug-likeness (QED) is 0.187. The lowest BCUT2D eigenvalue weighted by Crippen LogP contribution is -2.47. The van der Waals surface area contributed by atoms with Crippen molar-refractivity contribution >= 4 is 44.3 Å². The number of nitro benzene ring substituents is 1. The van der Waals surface area contributed by atoms with Crippen LogP contribution in [-0.2, 0) is 21.4 Å². The third-order valence-corrected chi connectivity index (χ3v) is 10.3. The minimum Gasteiger partial charge on any atom is -0.495 e. The van der Waals surface area contributed by atoms with Gasteiger partial charge in [-0.05, 0) is 55.9 Å². The number of carbonyl (C=O) groups is 1. The molecule has 0 spiro atoms. The Hall–Kier alpha value is -5.09. The highest BCUT2D eigenvalue weighted by molar-refractivity contribution is 7.89. The topological polar surface area (TPSA) is 188 Å². The van der Waals surface area contributed by atoms with E-state index >= 15 is 0 Å². The van der Waals surface area contributed by atoms with Gasteiger partial charge in [-0.25, -0.2) is 18.1 Å². The molecular formula is C31H33N7O8S. The molecule has 1 saturated carbocycles. The zero-order valence-electron chi connectivity index (χ0n) is 25.7. The Morgan fingerprint density at radius 2 is 1.91 bits per heavy atom. The minimum atomic E-state index is -4.38. The van der Waals surface area contributed by atoms with Crippen molar-refractivity contribution in [2.75, 3.05) is 31.0 Å². The molecule has 1 unspecified atom stereocenters. The number of nitrogens with one attached hydrogen (secondary N) is 2. The molecule has 1 aliphatic heterocycles. The van der Waals surface area contributed by atoms with Crippen LogP contribution >= 0.6 is 0 Å². The van der Waals surface area contributed by atoms with E-state index in [2.05, 4.69) is 20.0 Å². The smallest absolute Gasteiger partial charge is 0.289 e. The molecule has 4 heterocycles. The number of aromatic nitrogens is 3. The lowest BCUT2D eigenvalue weighted by molar-refractivity contribution is -0.387. The third-order valence-electron chi connectivity index (χ3n) is 8.77. The van der Waals surface area contributed by atoms with E-state index < -0.39 is 31.6 Å². The highest BCUT2D eigenvalue weighted by atomic mass is 32.2. The summed E-state index contributed by atoms with van der Waals surface area (Å²) < 4.78 is 42.5. The van der Waals surface area contributed by atoms with E-state index in [4.69, 9.17) is 9.47 Å². The van der Waals surface area contributed by atoms with Gasteiger partial charge in [0, 0.05) is 43.9 Å². The summed E-state index contributed by atoms with van der Waals surface area (Å²) in [7, 11) is -0.988. The molecule has 6 rings (SSSR count). The number of methoxy groups -OCH3 is 1. The fraction of sp³-hybridized carbons (Fsp3) is 0.355. The number of fused-ring (bicyclic) bond motifs is 2. The first kappa shape index (κ1) is 31.9. The van der Waals surface area contributed by atoms with Crippen LogP contribution in [0.25, 0.3) is 11.0 Å². The summed E-state index contributed by atoms with van der Waals surface area (Å²) in [6, 6.07) is 12.6. The molecule has 16 heteroatoms. The fourth-order valence-corrected chi connectivity index (χ4v) is 7.72. The summed E-state index contributed by atoms with van der Waals surface area (Å²) in [6.45, 7) is -0.104. The van der Waals surface area contributed by atoms with Crippen molar-refractivity contribution in [1.82, 2.24) is 19.3 Å². The van der Waals surface area contributed by atoms with Crippen molar-refractivity contribution in [1.29, 1.82) is 0 Å². The first-order valence-corrected chi connectivity index (χ1v) is 16.5. The van der Waals surface area contributed by atoms with Crippen molar-refractivity contribution in [2.45, 2.75) is 49.2 Å². The lowest BCUT2D eigenvalue weighted by atomic mass is 9.81. The number of para-hydroxylation sites is 1. The van der Waals surface area contributed by atoms with Crippen LogP contribution in [0.3, 0.4) is 0 Å². The first-order valence-electron chi connectivity index (χ1n) is 15.0. The summed E-state index contributed by atoms with van der Waals surface area (Å²) in [6.07, 6.45) is 4.05. The van der Waals surface area contributed by atoms with Crippen LogP contribution in [0.5, 0.6) is 11.5 Å². The first-order chi connectivity index (χ1) is 22.5. The van der Waals surface area contributed by atoms with E-state index in [0.717, 1.165) is 6.07 Å². The number of nitro groups is 1. The number of carbonyl (C=O) groups excluding carboxylic acids is 1. The Bertz CT molecular complexity index is 2010. The molecule has 2 N–H and O–H groups in total. The molecule has 0 bridgehead atoms. The van der Waals surface area contributed by atoms with Gasteiger partial charge in [0.05, 0.1) is 29.3 Å². The largest absolute Gasteiger partial charge is 0.495 e. The number of amides is 1. The molecule has 2 aliphatic rings. The highest BCUT2D eigenvalue weighted by Gasteiger charge is 2.35. The van der Waals surface area contributed by atoms with Crippen LogP contribution in [0.1, 0.15) is 25.7 Å². The zero-order valence-corrected chi connectivity index (χ0v) is 26.5. The number of nitrogens with zero attached hydrogens (tertiary/aromatic N) is 5. The maximum Gasteiger partial charge on any atom is 0.289 e. The number of pyridine rings is 3. The molecule has 47 heavy (non-hydrogen) atoms. The van der Waals surface area contributed by atoms with Crippen molar-refractivity contribution in [3.8, 4) is 11.5 Å². The van der Waals surface area contributed by atoms with Crippen LogP contribution in [0, 0.1) is 16.0 Å². The van der Waals surface area contributed by atoms with E-state index in [1.807, 2.05) is 18.0 Å². The predicted octanol–water partition coefficient (Wildman–Crippen LogP) is 3.08. The van der Waals surface area contributed by atoms with Gasteiger partial charge in [-0.1, -0.05) is 12.1 Å². The van der Waals surface area contributed by atoms with Gasteiger partial charge in [-0.3, -0.25) is 24.7 Å². The fourth-order valence-electron chi connectivity index (χ4n) is 6.25. The van der Waals surface area contributed by atoms with E-state index in [-0.39, 0.29) is 36.6 Å². The summed E-state index contributed by atoms with van der Waals surface area (Å²) in [4.78, 5) is 46.5. The molecule has 3 aromatic heterocycles. The second-order valence-corrected chi connectivity index (χ2v) is 13.2. The molecule has 246 valence electrons. The van der Waals surface area contributed by atoms with Gasteiger partial charge in [-0.15, -0.1) is 0 Å². The van der Waals surface area contributed by atoms with Crippen LogP contribution < -0.4 is 30.0 Å². The molecule has 1 atom stereocenters. The van der Waals surface area contributed by atoms with Crippen LogP contribution in [0.2, 0.25) is 0 Å². The van der Waals surface area contributed by atoms with Crippen molar-refractivity contribution in [3.05, 3.63) is 81.3 Å². The number of anilines is 2. The minimum absolute atomic E-state index is 0.0396. The Morgan fingerprint density at radius 3 is 2.66 bits per heavy atom. The van der Waals surface area contributed by atoms with Crippen LogP contribution in [0.4, 0.5) is 17.3 Å². The summed E-state index contributed by atoms with van der Waals surface area (Å²) in [5.74, 6) is 1.43. The standard InChI is InChI=1S/C31H33N7O8S/c1-36(28-13-12-26-31(33-28)34-29(39)18-46-26)20-9-7-19(8-10-20)23(35-47(43,44)27-6-4-3-5-24(27)38(41)42)17-37-25-15-21(45-2)16-32-22(25)11-14-30(37)40/h3-6,11-16,19-20,23,35H,7-10,17-18H2,1-2H3,(H,33,34,39)/t19-,20-,23?. The molecule has 1 amide bonds. The molecule has 1 aliphatic carbocycles. The monoisotopic (exact) mass is 663 g/mol. The number of hydrogen-bond donors (Lipinski definition) is 2. The summed E-state index contributed by atoms with van der Waals surface area (Å²) in [5, 5.41) is 14.4. The van der Waals surface area contributed by atoms with Gasteiger partial charge in [-0.2, -0.15) is 0 Å². The molecular weight excluding hydrogens is 630 g/mol. The molecule has 1 aromatic carbocycles. The predicted molar refractivity (Wildman–Crippen MR) is 172 cm³/mol. The lowest BCUT2D eigenvalue weighted by Gasteiger charge is -2.38. The maximum atomic E-state index is 13.8. The van der Waals surface area contributed by atoms with Gasteiger partial charge >= 0.3 is 0 Å². The Kier molecular flexibility index (Phi) is 8.79. The Labute approximate surface area is 269 Å². The molecule has 0 radical (unpaired) electrons. The van der Waals surface area contributed by atoms with Gasteiger partial charge in [0.25, 0.3) is 17.2 Å². The van der Waals surface area contributed by atoms with E-state index in [1.54, 1.807) is 18.2 Å². The average Bonchev–Trinajstić information content (AvgIpc) is 3.08. The van der Waals surface area contributed by atoms with Crippen molar-refractivity contribution in [3.63, 3.8) is 0 Å². The normalized spacial score (nSPS) is 18.5. The van der Waals surface area contributed by atoms with Crippen molar-refractivity contribution in [2.24, 2.45) is 5.92 Å². The van der Waals surface area contributed by atoms with Gasteiger partial charge < -0.3 is 24.3 Å². The third kappa shape index (κ3) is 6.59. The zero-order chi connectivity index (χ0) is 33.3. The van der Waals surface area contributed by atoms with Gasteiger partial charge in [0.15, 0.2) is 23.1 Å². The SMILES string of the molecule is COc1cnc2ccc(=O)n(CC(NS(=O)(=O)c3ccccc3[N+](=O)[O-])[C@H]3CC[C@H](N(C)c4ccc5c(n4)NC(=O)CO5)CC3)c2c1. The molecule has 4 aromatic rings. The maximum absolute atomic E-state index is 13.8. The Morgan fingerprint density at radius 1 is 1.15 bits per heavy atom. The second-order valence-electron chi connectivity index (χ2n) is 11.5. The summed E-state index contributed by atoms with van der Waals surface area (Å²) >= 11 is 0. The number of ether oxygens (including phenoxy) is 2. The van der Waals surface area contributed by atoms with E-state index in [9.17, 15) is 28.1 Å². The van der Waals surface area contributed by atoms with E-state index in [0.29, 0.717) is 59.9 Å². The van der Waals surface area contributed by atoms with Crippen molar-refractivity contribution < 1.29 is 27.6 Å². The van der Waals surface area contributed by atoms with Gasteiger partial charge in [0.1, 0.15) is 11.6 Å². The van der Waals surface area contributed by atoms with Gasteiger partial charge in [0.2, 0.25) is 10.0 Å². The average molecular weight is 664 g/mol. The number of rotatable bonds is 10. The Balaban J connectivity index is 1.29. The number of hydrogen-bond acceptors (Lipinski definition) is 11. The van der Waals surface area contributed by atoms with E-state index in [1.165, 1.54) is 42.1 Å². The molecule has 15 nitrogen and oxygen atoms in total. The summed E-state index contributed by atoms with van der Waals surface area (Å²) in [5.41, 5.74) is 0.0924. The second kappa shape index (κ2) is 13.0. The van der Waals surface area contributed by atoms with Crippen LogP contribution in [-0.4, -0.2) is 66.6 Å². The highest BCUT2D eigenvalue weighted by Crippen LogP contribution is 2.35.